The molecule has 3 rings (SSSR count). The summed E-state index contributed by atoms with van der Waals surface area (Å²) in [5.74, 6) is 1.97. The number of nitrogens with zero attached hydrogens (tertiary/aromatic N) is 3. The fourth-order valence-electron chi connectivity index (χ4n) is 3.61. The Hall–Kier alpha value is -0.840. The Labute approximate surface area is 113 Å². The van der Waals surface area contributed by atoms with E-state index in [2.05, 4.69) is 26.6 Å². The van der Waals surface area contributed by atoms with Crippen molar-refractivity contribution in [1.82, 2.24) is 14.8 Å². The highest BCUT2D eigenvalue weighted by Gasteiger charge is 2.37. The Morgan fingerprint density at radius 3 is 3.00 bits per heavy atom. The standard InChI is InChI=1S/C13H22N4S/c1-2-8-17-12(14-15-13(17)18)16-9-7-10-5-3-4-6-11(10)16/h10-11H,2-9H2,1H3,(H,15,18). The monoisotopic (exact) mass is 266 g/mol. The van der Waals surface area contributed by atoms with Crippen LogP contribution in [0.2, 0.25) is 0 Å². The van der Waals surface area contributed by atoms with E-state index in [0.29, 0.717) is 6.04 Å². The van der Waals surface area contributed by atoms with Crippen LogP contribution in [0.15, 0.2) is 0 Å². The number of H-pyrrole nitrogens is 1. The van der Waals surface area contributed by atoms with E-state index >= 15 is 0 Å². The summed E-state index contributed by atoms with van der Waals surface area (Å²) in [7, 11) is 0. The second-order valence-corrected chi connectivity index (χ2v) is 5.96. The van der Waals surface area contributed by atoms with Gasteiger partial charge in [0.2, 0.25) is 5.95 Å². The predicted octanol–water partition coefficient (Wildman–Crippen LogP) is 3.12. The van der Waals surface area contributed by atoms with E-state index in [1.165, 1.54) is 32.1 Å². The minimum absolute atomic E-state index is 0.708. The third-order valence-electron chi connectivity index (χ3n) is 4.45. The topological polar surface area (TPSA) is 36.9 Å². The lowest BCUT2D eigenvalue weighted by atomic mass is 9.85. The molecule has 2 atom stereocenters. The molecule has 100 valence electrons. The van der Waals surface area contributed by atoms with Crippen molar-refractivity contribution in [2.45, 2.75) is 58.0 Å². The van der Waals surface area contributed by atoms with Crippen molar-refractivity contribution < 1.29 is 0 Å². The molecule has 1 saturated carbocycles. The van der Waals surface area contributed by atoms with Gasteiger partial charge in [0.25, 0.3) is 0 Å². The molecule has 1 saturated heterocycles. The van der Waals surface area contributed by atoms with E-state index < -0.39 is 0 Å². The first kappa shape index (κ1) is 12.2. The second kappa shape index (κ2) is 5.03. The van der Waals surface area contributed by atoms with Gasteiger partial charge in [0.1, 0.15) is 0 Å². The zero-order chi connectivity index (χ0) is 12.5. The average molecular weight is 266 g/mol. The highest BCUT2D eigenvalue weighted by molar-refractivity contribution is 7.71. The van der Waals surface area contributed by atoms with Gasteiger partial charge in [-0.1, -0.05) is 19.8 Å². The van der Waals surface area contributed by atoms with E-state index in [-0.39, 0.29) is 0 Å². The molecule has 0 amide bonds. The van der Waals surface area contributed by atoms with Crippen molar-refractivity contribution in [3.05, 3.63) is 4.77 Å². The van der Waals surface area contributed by atoms with Crippen molar-refractivity contribution in [2.24, 2.45) is 5.92 Å². The van der Waals surface area contributed by atoms with Crippen LogP contribution in [-0.2, 0) is 6.54 Å². The molecule has 4 nitrogen and oxygen atoms in total. The first-order valence-corrected chi connectivity index (χ1v) is 7.64. The highest BCUT2D eigenvalue weighted by Crippen LogP contribution is 2.38. The minimum Gasteiger partial charge on any atom is -0.338 e. The second-order valence-electron chi connectivity index (χ2n) is 5.57. The van der Waals surface area contributed by atoms with Crippen LogP contribution in [0, 0.1) is 10.7 Å². The molecule has 1 aromatic heterocycles. The fraction of sp³-hybridized carbons (Fsp3) is 0.846. The maximum Gasteiger partial charge on any atom is 0.225 e. The molecule has 0 aromatic carbocycles. The van der Waals surface area contributed by atoms with Crippen LogP contribution in [0.1, 0.15) is 45.4 Å². The zero-order valence-corrected chi connectivity index (χ0v) is 11.9. The Bertz CT molecular complexity index is 464. The Morgan fingerprint density at radius 2 is 2.17 bits per heavy atom. The van der Waals surface area contributed by atoms with Crippen LogP contribution in [0.5, 0.6) is 0 Å². The third-order valence-corrected chi connectivity index (χ3v) is 4.76. The van der Waals surface area contributed by atoms with Gasteiger partial charge in [-0.05, 0) is 43.8 Å². The highest BCUT2D eigenvalue weighted by atomic mass is 32.1. The van der Waals surface area contributed by atoms with Crippen LogP contribution in [-0.4, -0.2) is 27.4 Å². The first-order valence-electron chi connectivity index (χ1n) is 7.23. The van der Waals surface area contributed by atoms with Crippen LogP contribution in [0.3, 0.4) is 0 Å². The van der Waals surface area contributed by atoms with Crippen molar-refractivity contribution >= 4 is 18.2 Å². The van der Waals surface area contributed by atoms with Crippen LogP contribution >= 0.6 is 12.2 Å². The molecule has 1 aliphatic heterocycles. The lowest BCUT2D eigenvalue weighted by molar-refractivity contribution is 0.339. The van der Waals surface area contributed by atoms with Gasteiger partial charge in [0, 0.05) is 19.1 Å². The summed E-state index contributed by atoms with van der Waals surface area (Å²) in [5.41, 5.74) is 0. The molecular weight excluding hydrogens is 244 g/mol. The lowest BCUT2D eigenvalue weighted by Crippen LogP contribution is -2.36. The number of hydrogen-bond acceptors (Lipinski definition) is 3. The van der Waals surface area contributed by atoms with E-state index in [1.54, 1.807) is 0 Å². The van der Waals surface area contributed by atoms with Gasteiger partial charge in [-0.25, -0.2) is 5.10 Å². The van der Waals surface area contributed by atoms with Gasteiger partial charge in [0.15, 0.2) is 4.77 Å². The number of anilines is 1. The number of nitrogens with one attached hydrogen (secondary N) is 1. The Morgan fingerprint density at radius 1 is 1.33 bits per heavy atom. The number of hydrogen-bond donors (Lipinski definition) is 1. The molecule has 1 N–H and O–H groups in total. The molecular formula is C13H22N4S. The molecule has 0 spiro atoms. The quantitative estimate of drug-likeness (QED) is 0.854. The van der Waals surface area contributed by atoms with Gasteiger partial charge in [0.05, 0.1) is 0 Å². The molecule has 2 fully saturated rings. The molecule has 2 unspecified atom stereocenters. The summed E-state index contributed by atoms with van der Waals surface area (Å²) in [5, 5.41) is 7.45. The van der Waals surface area contributed by atoms with Crippen LogP contribution in [0.25, 0.3) is 0 Å². The molecule has 1 aliphatic carbocycles. The van der Waals surface area contributed by atoms with E-state index in [9.17, 15) is 0 Å². The lowest BCUT2D eigenvalue weighted by Gasteiger charge is -2.32. The Kier molecular flexibility index (Phi) is 3.41. The third kappa shape index (κ3) is 1.98. The molecule has 1 aromatic rings. The van der Waals surface area contributed by atoms with E-state index in [4.69, 9.17) is 12.2 Å². The first-order chi connectivity index (χ1) is 8.81. The van der Waals surface area contributed by atoms with Crippen molar-refractivity contribution in [2.75, 3.05) is 11.4 Å². The predicted molar refractivity (Wildman–Crippen MR) is 75.4 cm³/mol. The SMILES string of the molecule is CCCn1c(N2CCC3CCCCC32)n[nH]c1=S. The van der Waals surface area contributed by atoms with Gasteiger partial charge in [-0.2, -0.15) is 0 Å². The molecule has 0 radical (unpaired) electrons. The maximum atomic E-state index is 5.34. The summed E-state index contributed by atoms with van der Waals surface area (Å²) < 4.78 is 2.94. The van der Waals surface area contributed by atoms with Gasteiger partial charge < -0.3 is 4.90 Å². The molecule has 5 heteroatoms. The average Bonchev–Trinajstić information content (AvgIpc) is 2.95. The van der Waals surface area contributed by atoms with E-state index in [0.717, 1.165) is 36.1 Å². The number of fused-ring (bicyclic) bond motifs is 1. The Balaban J connectivity index is 1.88. The van der Waals surface area contributed by atoms with Crippen LogP contribution in [0.4, 0.5) is 5.95 Å². The molecule has 2 heterocycles. The van der Waals surface area contributed by atoms with Gasteiger partial charge >= 0.3 is 0 Å². The zero-order valence-electron chi connectivity index (χ0n) is 11.1. The summed E-state index contributed by atoms with van der Waals surface area (Å²) in [6.45, 7) is 4.31. The number of aromatic amines is 1. The minimum atomic E-state index is 0.708. The smallest absolute Gasteiger partial charge is 0.225 e. The summed E-state index contributed by atoms with van der Waals surface area (Å²) in [4.78, 5) is 2.51. The maximum absolute atomic E-state index is 5.34. The molecule has 18 heavy (non-hydrogen) atoms. The van der Waals surface area contributed by atoms with Gasteiger partial charge in [-0.15, -0.1) is 5.10 Å². The molecule has 2 aliphatic rings. The summed E-state index contributed by atoms with van der Waals surface area (Å²) in [6, 6.07) is 0.708. The largest absolute Gasteiger partial charge is 0.338 e. The normalized spacial score (nSPS) is 27.5. The van der Waals surface area contributed by atoms with E-state index in [1.807, 2.05) is 0 Å². The van der Waals surface area contributed by atoms with Crippen LogP contribution < -0.4 is 4.90 Å². The summed E-state index contributed by atoms with van der Waals surface area (Å²) in [6.07, 6.45) is 7.95. The molecule has 0 bridgehead atoms. The van der Waals surface area contributed by atoms with Crippen molar-refractivity contribution in [1.29, 1.82) is 0 Å². The fourth-order valence-corrected chi connectivity index (χ4v) is 3.83. The van der Waals surface area contributed by atoms with Crippen molar-refractivity contribution in [3.63, 3.8) is 0 Å². The van der Waals surface area contributed by atoms with Gasteiger partial charge in [-0.3, -0.25) is 4.57 Å². The number of rotatable bonds is 3. The van der Waals surface area contributed by atoms with Crippen molar-refractivity contribution in [3.8, 4) is 0 Å². The summed E-state index contributed by atoms with van der Waals surface area (Å²) >= 11 is 5.34. The number of aromatic nitrogens is 3.